The van der Waals surface area contributed by atoms with Crippen molar-refractivity contribution >= 4 is 45.8 Å². The highest BCUT2D eigenvalue weighted by molar-refractivity contribution is 6.15. The lowest BCUT2D eigenvalue weighted by molar-refractivity contribution is -0.156. The van der Waals surface area contributed by atoms with Gasteiger partial charge >= 0.3 is 11.9 Å². The number of carbonyl (C=O) groups excluding carboxylic acids is 2. The van der Waals surface area contributed by atoms with Gasteiger partial charge in [0.25, 0.3) is 0 Å². The summed E-state index contributed by atoms with van der Waals surface area (Å²) in [7, 11) is 0. The first kappa shape index (κ1) is 26.1. The summed E-state index contributed by atoms with van der Waals surface area (Å²) in [6.07, 6.45) is 5.69. The molecule has 0 saturated heterocycles. The van der Waals surface area contributed by atoms with E-state index in [1.165, 1.54) is 0 Å². The van der Waals surface area contributed by atoms with Crippen molar-refractivity contribution in [1.29, 1.82) is 0 Å². The molecule has 0 aliphatic heterocycles. The predicted octanol–water partition coefficient (Wildman–Crippen LogP) is 6.18. The molecule has 2 aromatic carbocycles. The number of fused-ring (bicyclic) bond motifs is 3. The number of aromatic nitrogens is 2. The van der Waals surface area contributed by atoms with E-state index < -0.39 is 29.2 Å². The molecule has 0 fully saturated rings. The van der Waals surface area contributed by atoms with Crippen LogP contribution < -0.4 is 5.73 Å². The maximum absolute atomic E-state index is 13.4. The van der Waals surface area contributed by atoms with E-state index >= 15 is 0 Å². The molecular weight excluding hydrogens is 466 g/mol. The van der Waals surface area contributed by atoms with Crippen LogP contribution in [0.3, 0.4) is 0 Å². The van der Waals surface area contributed by atoms with Gasteiger partial charge in [-0.1, -0.05) is 48.5 Å². The average Bonchev–Trinajstić information content (AvgIpc) is 3.21. The molecule has 1 unspecified atom stereocenters. The number of carbonyl (C=O) groups is 2. The number of pyridine rings is 1. The van der Waals surface area contributed by atoms with Crippen LogP contribution in [0.4, 0.5) is 0 Å². The van der Waals surface area contributed by atoms with E-state index in [4.69, 9.17) is 15.2 Å². The molecule has 7 nitrogen and oxygen atoms in total. The smallest absolute Gasteiger partial charge is 0.341 e. The molecule has 2 heterocycles. The Morgan fingerprint density at radius 1 is 0.919 bits per heavy atom. The Morgan fingerprint density at radius 3 is 2.24 bits per heavy atom. The maximum atomic E-state index is 13.4. The van der Waals surface area contributed by atoms with Gasteiger partial charge in [-0.15, -0.1) is 0 Å². The number of hydrogen-bond acceptors (Lipinski definition) is 6. The lowest BCUT2D eigenvalue weighted by Gasteiger charge is -2.23. The first-order valence-electron chi connectivity index (χ1n) is 12.2. The van der Waals surface area contributed by atoms with Crippen LogP contribution in [0.25, 0.3) is 33.8 Å². The van der Waals surface area contributed by atoms with Crippen molar-refractivity contribution in [3.63, 3.8) is 0 Å². The van der Waals surface area contributed by atoms with Crippen LogP contribution in [-0.2, 0) is 14.3 Å². The first-order chi connectivity index (χ1) is 17.3. The topological polar surface area (TPSA) is 107 Å². The highest BCUT2D eigenvalue weighted by Gasteiger charge is 2.32. The van der Waals surface area contributed by atoms with Crippen molar-refractivity contribution in [2.75, 3.05) is 0 Å². The van der Waals surface area contributed by atoms with Gasteiger partial charge in [0.1, 0.15) is 17.2 Å². The molecule has 0 amide bonds. The fourth-order valence-electron chi connectivity index (χ4n) is 4.02. The van der Waals surface area contributed by atoms with E-state index in [1.807, 2.05) is 60.7 Å². The molecule has 0 radical (unpaired) electrons. The van der Waals surface area contributed by atoms with Gasteiger partial charge in [-0.25, -0.2) is 9.59 Å². The Balaban J connectivity index is 1.87. The third-order valence-electron chi connectivity index (χ3n) is 5.54. The molecule has 0 spiro atoms. The molecule has 0 aliphatic rings. The highest BCUT2D eigenvalue weighted by Crippen LogP contribution is 2.34. The fraction of sp³-hybridized carbons (Fsp3) is 0.300. The number of aromatic amines is 1. The minimum Gasteiger partial charge on any atom is -0.459 e. The monoisotopic (exact) mass is 499 g/mol. The molecule has 1 atom stereocenters. The normalized spacial score (nSPS) is 13.3. The number of esters is 2. The largest absolute Gasteiger partial charge is 0.459 e. The maximum Gasteiger partial charge on any atom is 0.341 e. The number of nitrogens with zero attached hydrogens (tertiary/aromatic N) is 1. The Bertz CT molecular complexity index is 1490. The highest BCUT2D eigenvalue weighted by atomic mass is 16.6. The zero-order valence-electron chi connectivity index (χ0n) is 22.1. The molecule has 2 aromatic heterocycles. The number of ether oxygens (including phenoxy) is 2. The van der Waals surface area contributed by atoms with Gasteiger partial charge in [-0.3, -0.25) is 4.98 Å². The van der Waals surface area contributed by atoms with Gasteiger partial charge < -0.3 is 20.2 Å². The zero-order chi connectivity index (χ0) is 27.0. The summed E-state index contributed by atoms with van der Waals surface area (Å²) in [6.45, 7) is 10.7. The van der Waals surface area contributed by atoms with Crippen LogP contribution in [0.2, 0.25) is 0 Å². The van der Waals surface area contributed by atoms with Gasteiger partial charge in [0.15, 0.2) is 0 Å². The average molecular weight is 500 g/mol. The van der Waals surface area contributed by atoms with Crippen LogP contribution in [0.1, 0.15) is 74.9 Å². The lowest BCUT2D eigenvalue weighted by atomic mass is 10.0. The Kier molecular flexibility index (Phi) is 6.93. The van der Waals surface area contributed by atoms with E-state index in [1.54, 1.807) is 47.7 Å². The van der Waals surface area contributed by atoms with Crippen LogP contribution in [0, 0.1) is 0 Å². The van der Waals surface area contributed by atoms with Crippen molar-refractivity contribution in [3.8, 4) is 0 Å². The van der Waals surface area contributed by atoms with Crippen molar-refractivity contribution < 1.29 is 19.1 Å². The molecule has 0 aliphatic carbocycles. The van der Waals surface area contributed by atoms with Gasteiger partial charge in [-0.2, -0.15) is 0 Å². The summed E-state index contributed by atoms with van der Waals surface area (Å²) >= 11 is 0. The van der Waals surface area contributed by atoms with E-state index in [0.717, 1.165) is 22.0 Å². The minimum atomic E-state index is -1.21. The summed E-state index contributed by atoms with van der Waals surface area (Å²) in [4.78, 5) is 34.1. The molecule has 7 heteroatoms. The second-order valence-corrected chi connectivity index (χ2v) is 11.0. The summed E-state index contributed by atoms with van der Waals surface area (Å²) in [5, 5.41) is 2.33. The van der Waals surface area contributed by atoms with E-state index in [2.05, 4.69) is 9.97 Å². The molecule has 4 rings (SSSR count). The molecule has 4 aromatic rings. The van der Waals surface area contributed by atoms with Crippen LogP contribution in [-0.4, -0.2) is 33.1 Å². The predicted molar refractivity (Wildman–Crippen MR) is 147 cm³/mol. The Morgan fingerprint density at radius 2 is 1.59 bits per heavy atom. The number of nitrogens with two attached hydrogens (primary N) is 1. The molecule has 0 bridgehead atoms. The molecule has 192 valence electrons. The minimum absolute atomic E-state index is 0.225. The third-order valence-corrected chi connectivity index (χ3v) is 5.54. The first-order valence-corrected chi connectivity index (χ1v) is 12.2. The second kappa shape index (κ2) is 9.82. The van der Waals surface area contributed by atoms with Gasteiger partial charge in [0, 0.05) is 22.4 Å². The number of H-pyrrole nitrogens is 1. The van der Waals surface area contributed by atoms with Gasteiger partial charge in [-0.05, 0) is 59.2 Å². The number of benzene rings is 2. The molecule has 3 N–H and O–H groups in total. The van der Waals surface area contributed by atoms with Crippen molar-refractivity contribution in [2.45, 2.75) is 58.8 Å². The molecule has 37 heavy (non-hydrogen) atoms. The van der Waals surface area contributed by atoms with Crippen LogP contribution in [0.15, 0.2) is 54.7 Å². The van der Waals surface area contributed by atoms with E-state index in [9.17, 15) is 9.59 Å². The van der Waals surface area contributed by atoms with Crippen LogP contribution >= 0.6 is 0 Å². The second-order valence-electron chi connectivity index (χ2n) is 11.0. The van der Waals surface area contributed by atoms with E-state index in [-0.39, 0.29) is 11.3 Å². The third kappa shape index (κ3) is 6.06. The molecular formula is C30H33N3O4. The van der Waals surface area contributed by atoms with Crippen LogP contribution in [0.5, 0.6) is 0 Å². The van der Waals surface area contributed by atoms with E-state index in [0.29, 0.717) is 10.9 Å². The zero-order valence-corrected chi connectivity index (χ0v) is 22.1. The van der Waals surface area contributed by atoms with Crippen molar-refractivity contribution in [3.05, 3.63) is 77.2 Å². The summed E-state index contributed by atoms with van der Waals surface area (Å²) in [6, 6.07) is 14.4. The Hall–Kier alpha value is -3.97. The summed E-state index contributed by atoms with van der Waals surface area (Å²) < 4.78 is 11.2. The number of hydrogen-bond donors (Lipinski definition) is 2. The summed E-state index contributed by atoms with van der Waals surface area (Å²) in [5.41, 5.74) is 7.85. The lowest BCUT2D eigenvalue weighted by Crippen LogP contribution is -2.33. The number of nitrogens with one attached hydrogen (secondary N) is 1. The van der Waals surface area contributed by atoms with Crippen molar-refractivity contribution in [1.82, 2.24) is 9.97 Å². The molecule has 0 saturated carbocycles. The fourth-order valence-corrected chi connectivity index (χ4v) is 4.02. The van der Waals surface area contributed by atoms with Gasteiger partial charge in [0.2, 0.25) is 0 Å². The standard InChI is InChI=1S/C30H33N3O4/c1-29(2,3)36-27(34)23-21-15-13-19-17-32-20(14-12-18-10-8-7-9-11-18)16-22(19)25(21)33-26(23)24(31)28(35)37-30(4,5)6/h7-17,24,33H,31H2,1-6H3/b14-12+. The number of rotatable bonds is 5. The summed E-state index contributed by atoms with van der Waals surface area (Å²) in [5.74, 6) is -1.20. The van der Waals surface area contributed by atoms with Gasteiger partial charge in [0.05, 0.1) is 22.5 Å². The van der Waals surface area contributed by atoms with Crippen molar-refractivity contribution in [2.24, 2.45) is 5.73 Å². The quantitative estimate of drug-likeness (QED) is 0.317. The Labute approximate surface area is 216 Å². The SMILES string of the molecule is CC(C)(C)OC(=O)c1c(C(N)C(=O)OC(C)(C)C)[nH]c2c1ccc1cnc(/C=C/c3ccccc3)cc12.